The van der Waals surface area contributed by atoms with Crippen molar-refractivity contribution in [2.24, 2.45) is 0 Å². The number of amides is 1. The van der Waals surface area contributed by atoms with E-state index in [0.717, 1.165) is 25.9 Å². The number of rotatable bonds is 0. The lowest BCUT2D eigenvalue weighted by Crippen LogP contribution is -2.60. The van der Waals surface area contributed by atoms with Gasteiger partial charge in [0, 0.05) is 19.1 Å². The topological polar surface area (TPSA) is 41.6 Å². The first-order valence-electron chi connectivity index (χ1n) is 6.07. The second-order valence-electron chi connectivity index (χ2n) is 6.05. The fourth-order valence-corrected chi connectivity index (χ4v) is 2.40. The summed E-state index contributed by atoms with van der Waals surface area (Å²) in [6, 6.07) is 0.228. The molecule has 2 fully saturated rings. The lowest BCUT2D eigenvalue weighted by atomic mass is 10.1. The summed E-state index contributed by atoms with van der Waals surface area (Å²) in [6.45, 7) is 9.60. The van der Waals surface area contributed by atoms with Crippen molar-refractivity contribution in [1.29, 1.82) is 0 Å². The molecule has 1 atom stereocenters. The number of ether oxygens (including phenoxy) is 1. The van der Waals surface area contributed by atoms with E-state index in [1.165, 1.54) is 0 Å². The molecule has 1 amide bonds. The van der Waals surface area contributed by atoms with Gasteiger partial charge in [-0.1, -0.05) is 0 Å². The zero-order valence-electron chi connectivity index (χ0n) is 10.7. The van der Waals surface area contributed by atoms with Crippen molar-refractivity contribution in [2.75, 3.05) is 13.1 Å². The van der Waals surface area contributed by atoms with Crippen LogP contribution < -0.4 is 5.32 Å². The minimum absolute atomic E-state index is 0.0556. The predicted molar refractivity (Wildman–Crippen MR) is 62.4 cm³/mol. The van der Waals surface area contributed by atoms with Crippen molar-refractivity contribution in [3.05, 3.63) is 0 Å². The monoisotopic (exact) mass is 226 g/mol. The highest BCUT2D eigenvalue weighted by Gasteiger charge is 2.54. The summed E-state index contributed by atoms with van der Waals surface area (Å²) in [5.41, 5.74) is -0.349. The highest BCUT2D eigenvalue weighted by atomic mass is 16.6. The zero-order valence-corrected chi connectivity index (χ0v) is 10.7. The third kappa shape index (κ3) is 2.17. The highest BCUT2D eigenvalue weighted by molar-refractivity contribution is 5.70. The highest BCUT2D eigenvalue weighted by Crippen LogP contribution is 2.44. The quantitative estimate of drug-likeness (QED) is 0.684. The minimum Gasteiger partial charge on any atom is -0.444 e. The maximum Gasteiger partial charge on any atom is 0.411 e. The van der Waals surface area contributed by atoms with E-state index >= 15 is 0 Å². The Labute approximate surface area is 97.3 Å². The lowest BCUT2D eigenvalue weighted by molar-refractivity contribution is -0.00406. The molecule has 1 saturated heterocycles. The van der Waals surface area contributed by atoms with Crippen molar-refractivity contribution < 1.29 is 9.53 Å². The van der Waals surface area contributed by atoms with Gasteiger partial charge >= 0.3 is 6.09 Å². The average Bonchev–Trinajstić information content (AvgIpc) is 2.81. The number of piperazine rings is 1. The molecule has 0 bridgehead atoms. The predicted octanol–water partition coefficient (Wildman–Crippen LogP) is 1.75. The number of hydrogen-bond acceptors (Lipinski definition) is 3. The van der Waals surface area contributed by atoms with E-state index in [2.05, 4.69) is 12.2 Å². The van der Waals surface area contributed by atoms with Crippen LogP contribution in [0.1, 0.15) is 40.5 Å². The molecular weight excluding hydrogens is 204 g/mol. The van der Waals surface area contributed by atoms with Gasteiger partial charge in [0.25, 0.3) is 0 Å². The number of carbonyl (C=O) groups excluding carboxylic acids is 1. The van der Waals surface area contributed by atoms with Gasteiger partial charge in [0.05, 0.1) is 5.54 Å². The molecule has 16 heavy (non-hydrogen) atoms. The molecule has 92 valence electrons. The molecule has 0 aromatic heterocycles. The van der Waals surface area contributed by atoms with Crippen LogP contribution in [-0.4, -0.2) is 41.3 Å². The Bertz CT molecular complexity index is 292. The maximum atomic E-state index is 12.2. The summed E-state index contributed by atoms with van der Waals surface area (Å²) in [6.07, 6.45) is 2.05. The molecule has 1 N–H and O–H groups in total. The summed E-state index contributed by atoms with van der Waals surface area (Å²) in [5.74, 6) is 0. The Morgan fingerprint density at radius 3 is 2.56 bits per heavy atom. The number of nitrogens with one attached hydrogen (secondary N) is 1. The maximum absolute atomic E-state index is 12.2. The average molecular weight is 226 g/mol. The standard InChI is InChI=1S/C12H22N2O2/c1-9-7-13-8-12(5-6-12)14(9)10(15)16-11(2,3)4/h9,13H,5-8H2,1-4H3/t9-/m1/s1. The fraction of sp³-hybridized carbons (Fsp3) is 0.917. The van der Waals surface area contributed by atoms with E-state index in [-0.39, 0.29) is 17.7 Å². The first-order valence-corrected chi connectivity index (χ1v) is 6.07. The molecule has 0 unspecified atom stereocenters. The van der Waals surface area contributed by atoms with E-state index in [1.807, 2.05) is 25.7 Å². The molecule has 0 aromatic rings. The van der Waals surface area contributed by atoms with Gasteiger partial charge in [0.1, 0.15) is 5.60 Å². The van der Waals surface area contributed by atoms with E-state index in [4.69, 9.17) is 4.74 Å². The SMILES string of the molecule is C[C@@H]1CNCC2(CC2)N1C(=O)OC(C)(C)C. The minimum atomic E-state index is -0.405. The van der Waals surface area contributed by atoms with Gasteiger partial charge in [-0.3, -0.25) is 4.90 Å². The summed E-state index contributed by atoms with van der Waals surface area (Å²) in [4.78, 5) is 14.1. The van der Waals surface area contributed by atoms with Gasteiger partial charge in [-0.05, 0) is 40.5 Å². The Hall–Kier alpha value is -0.770. The number of carbonyl (C=O) groups is 1. The number of nitrogens with zero attached hydrogens (tertiary/aromatic N) is 1. The van der Waals surface area contributed by atoms with E-state index in [1.54, 1.807) is 0 Å². The summed E-state index contributed by atoms with van der Waals surface area (Å²) in [7, 11) is 0. The number of hydrogen-bond donors (Lipinski definition) is 1. The second-order valence-corrected chi connectivity index (χ2v) is 6.05. The van der Waals surface area contributed by atoms with Crippen LogP contribution in [0.5, 0.6) is 0 Å². The molecule has 0 aromatic carbocycles. The van der Waals surface area contributed by atoms with Crippen LogP contribution in [-0.2, 0) is 4.74 Å². The fourth-order valence-electron chi connectivity index (χ4n) is 2.40. The summed E-state index contributed by atoms with van der Waals surface area (Å²) >= 11 is 0. The Morgan fingerprint density at radius 2 is 2.06 bits per heavy atom. The smallest absolute Gasteiger partial charge is 0.411 e. The Morgan fingerprint density at radius 1 is 1.44 bits per heavy atom. The van der Waals surface area contributed by atoms with Crippen molar-refractivity contribution in [2.45, 2.75) is 57.7 Å². The zero-order chi connectivity index (χ0) is 12.0. The van der Waals surface area contributed by atoms with Gasteiger partial charge in [0.15, 0.2) is 0 Å². The first kappa shape index (κ1) is 11.7. The summed E-state index contributed by atoms with van der Waals surface area (Å²) in [5, 5.41) is 3.39. The van der Waals surface area contributed by atoms with Crippen LogP contribution >= 0.6 is 0 Å². The van der Waals surface area contributed by atoms with Crippen LogP contribution in [0.4, 0.5) is 4.79 Å². The van der Waals surface area contributed by atoms with E-state index < -0.39 is 5.60 Å². The van der Waals surface area contributed by atoms with Crippen molar-refractivity contribution in [3.8, 4) is 0 Å². The summed E-state index contributed by atoms with van der Waals surface area (Å²) < 4.78 is 5.48. The van der Waals surface area contributed by atoms with Gasteiger partial charge in [0.2, 0.25) is 0 Å². The molecule has 0 radical (unpaired) electrons. The Balaban J connectivity index is 2.08. The van der Waals surface area contributed by atoms with Gasteiger partial charge in [-0.2, -0.15) is 0 Å². The van der Waals surface area contributed by atoms with Crippen molar-refractivity contribution in [1.82, 2.24) is 10.2 Å². The van der Waals surface area contributed by atoms with E-state index in [9.17, 15) is 4.79 Å². The molecule has 1 heterocycles. The van der Waals surface area contributed by atoms with Crippen LogP contribution in [0.15, 0.2) is 0 Å². The van der Waals surface area contributed by atoms with Crippen LogP contribution in [0, 0.1) is 0 Å². The molecule has 1 saturated carbocycles. The largest absolute Gasteiger partial charge is 0.444 e. The van der Waals surface area contributed by atoms with E-state index in [0.29, 0.717) is 0 Å². The molecule has 2 aliphatic rings. The second kappa shape index (κ2) is 3.62. The molecule has 4 nitrogen and oxygen atoms in total. The molecular formula is C12H22N2O2. The third-order valence-corrected chi connectivity index (χ3v) is 3.26. The van der Waals surface area contributed by atoms with Crippen LogP contribution in [0.25, 0.3) is 0 Å². The van der Waals surface area contributed by atoms with Crippen molar-refractivity contribution in [3.63, 3.8) is 0 Å². The third-order valence-electron chi connectivity index (χ3n) is 3.26. The van der Waals surface area contributed by atoms with Crippen molar-refractivity contribution >= 4 is 6.09 Å². The normalized spacial score (nSPS) is 28.0. The molecule has 2 rings (SSSR count). The molecule has 1 aliphatic heterocycles. The van der Waals surface area contributed by atoms with Crippen LogP contribution in [0.3, 0.4) is 0 Å². The first-order chi connectivity index (χ1) is 7.34. The molecule has 1 aliphatic carbocycles. The lowest BCUT2D eigenvalue weighted by Gasteiger charge is -2.42. The Kier molecular flexibility index (Phi) is 2.65. The van der Waals surface area contributed by atoms with Crippen LogP contribution in [0.2, 0.25) is 0 Å². The molecule has 1 spiro atoms. The van der Waals surface area contributed by atoms with Gasteiger partial charge in [-0.25, -0.2) is 4.79 Å². The van der Waals surface area contributed by atoms with Gasteiger partial charge < -0.3 is 10.1 Å². The van der Waals surface area contributed by atoms with Gasteiger partial charge in [-0.15, -0.1) is 0 Å². The molecule has 4 heteroatoms.